The first-order valence-corrected chi connectivity index (χ1v) is 4.66. The summed E-state index contributed by atoms with van der Waals surface area (Å²) in [5, 5.41) is 7.95. The van der Waals surface area contributed by atoms with E-state index in [9.17, 15) is 0 Å². The van der Waals surface area contributed by atoms with Crippen LogP contribution in [-0.2, 0) is 0 Å². The van der Waals surface area contributed by atoms with E-state index >= 15 is 0 Å². The summed E-state index contributed by atoms with van der Waals surface area (Å²) in [6.45, 7) is 3.77. The molecule has 0 saturated carbocycles. The Balaban J connectivity index is 2.93. The maximum Gasteiger partial charge on any atom is 0.119 e. The molecule has 0 aliphatic rings. The van der Waals surface area contributed by atoms with Crippen LogP contribution in [0.15, 0.2) is 40.5 Å². The second kappa shape index (κ2) is 5.17. The highest BCUT2D eigenvalue weighted by atomic mass is 15.2. The molecule has 1 aromatic rings. The Bertz CT molecular complexity index is 335. The fourth-order valence-electron chi connectivity index (χ4n) is 1.10. The van der Waals surface area contributed by atoms with Crippen molar-refractivity contribution in [3.8, 4) is 0 Å². The Kier molecular flexibility index (Phi) is 3.85. The van der Waals surface area contributed by atoms with Crippen LogP contribution in [0.4, 0.5) is 0 Å². The highest BCUT2D eigenvalue weighted by molar-refractivity contribution is 6.00. The molecule has 1 aromatic carbocycles. The summed E-state index contributed by atoms with van der Waals surface area (Å²) < 4.78 is 0. The molecular formula is C11H15N3. The molecule has 2 N–H and O–H groups in total. The van der Waals surface area contributed by atoms with Gasteiger partial charge in [-0.15, -0.1) is 5.10 Å². The molecule has 0 atom stereocenters. The number of hydrogen-bond acceptors (Lipinski definition) is 2. The van der Waals surface area contributed by atoms with Gasteiger partial charge in [0.2, 0.25) is 0 Å². The SMILES string of the molecule is CC/C(=N\N=C(\C)N)c1ccccc1. The van der Waals surface area contributed by atoms with Crippen molar-refractivity contribution in [2.24, 2.45) is 15.9 Å². The molecule has 0 amide bonds. The van der Waals surface area contributed by atoms with Crippen LogP contribution in [0, 0.1) is 0 Å². The first-order valence-electron chi connectivity index (χ1n) is 4.66. The van der Waals surface area contributed by atoms with E-state index < -0.39 is 0 Å². The van der Waals surface area contributed by atoms with Gasteiger partial charge in [-0.2, -0.15) is 5.10 Å². The molecule has 0 aliphatic heterocycles. The van der Waals surface area contributed by atoms with E-state index in [2.05, 4.69) is 10.2 Å². The topological polar surface area (TPSA) is 50.7 Å². The maximum absolute atomic E-state index is 5.42. The van der Waals surface area contributed by atoms with Gasteiger partial charge in [-0.25, -0.2) is 0 Å². The van der Waals surface area contributed by atoms with Crippen molar-refractivity contribution in [3.63, 3.8) is 0 Å². The molecule has 74 valence electrons. The molecular weight excluding hydrogens is 174 g/mol. The van der Waals surface area contributed by atoms with Crippen LogP contribution in [0.2, 0.25) is 0 Å². The molecule has 0 bridgehead atoms. The van der Waals surface area contributed by atoms with Crippen molar-refractivity contribution >= 4 is 11.5 Å². The predicted octanol–water partition coefficient (Wildman–Crippen LogP) is 2.18. The molecule has 0 aromatic heterocycles. The number of amidine groups is 1. The van der Waals surface area contributed by atoms with E-state index in [0.29, 0.717) is 5.84 Å². The first-order chi connectivity index (χ1) is 6.74. The van der Waals surface area contributed by atoms with Gasteiger partial charge in [0.05, 0.1) is 5.71 Å². The number of nitrogens with two attached hydrogens (primary N) is 1. The number of nitrogens with zero attached hydrogens (tertiary/aromatic N) is 2. The third kappa shape index (κ3) is 3.01. The standard InChI is InChI=1S/C11H15N3/c1-3-11(14-13-9(2)12)10-7-5-4-6-8-10/h4-8H,3H2,1-2H3,(H2,12,13)/b14-11+. The normalized spacial score (nSPS) is 13.0. The zero-order valence-corrected chi connectivity index (χ0v) is 8.57. The minimum Gasteiger partial charge on any atom is -0.386 e. The minimum atomic E-state index is 0.479. The van der Waals surface area contributed by atoms with E-state index in [-0.39, 0.29) is 0 Å². The fraction of sp³-hybridized carbons (Fsp3) is 0.273. The summed E-state index contributed by atoms with van der Waals surface area (Å²) in [7, 11) is 0. The van der Waals surface area contributed by atoms with Crippen LogP contribution >= 0.6 is 0 Å². The Labute approximate surface area is 84.4 Å². The summed E-state index contributed by atoms with van der Waals surface area (Å²) >= 11 is 0. The van der Waals surface area contributed by atoms with Gasteiger partial charge in [0.25, 0.3) is 0 Å². The Morgan fingerprint density at radius 2 is 1.86 bits per heavy atom. The van der Waals surface area contributed by atoms with E-state index in [0.717, 1.165) is 17.7 Å². The summed E-state index contributed by atoms with van der Waals surface area (Å²) in [4.78, 5) is 0. The molecule has 0 aliphatic carbocycles. The Morgan fingerprint density at radius 1 is 1.21 bits per heavy atom. The first kappa shape index (κ1) is 10.4. The van der Waals surface area contributed by atoms with Gasteiger partial charge in [-0.05, 0) is 18.9 Å². The van der Waals surface area contributed by atoms with Crippen LogP contribution in [0.25, 0.3) is 0 Å². The molecule has 0 spiro atoms. The summed E-state index contributed by atoms with van der Waals surface area (Å²) in [6, 6.07) is 9.99. The van der Waals surface area contributed by atoms with E-state index in [1.807, 2.05) is 37.3 Å². The predicted molar refractivity (Wildman–Crippen MR) is 60.6 cm³/mol. The maximum atomic E-state index is 5.42. The number of hydrogen-bond donors (Lipinski definition) is 1. The van der Waals surface area contributed by atoms with Gasteiger partial charge in [0.15, 0.2) is 0 Å². The zero-order valence-electron chi connectivity index (χ0n) is 8.57. The quantitative estimate of drug-likeness (QED) is 0.442. The molecule has 0 heterocycles. The third-order valence-corrected chi connectivity index (χ3v) is 1.77. The van der Waals surface area contributed by atoms with E-state index in [4.69, 9.17) is 5.73 Å². The van der Waals surface area contributed by atoms with Crippen molar-refractivity contribution in [1.82, 2.24) is 0 Å². The zero-order chi connectivity index (χ0) is 10.4. The largest absolute Gasteiger partial charge is 0.386 e. The van der Waals surface area contributed by atoms with Crippen LogP contribution in [0.1, 0.15) is 25.8 Å². The van der Waals surface area contributed by atoms with Crippen molar-refractivity contribution in [3.05, 3.63) is 35.9 Å². The van der Waals surface area contributed by atoms with E-state index in [1.165, 1.54) is 0 Å². The fourth-order valence-corrected chi connectivity index (χ4v) is 1.10. The van der Waals surface area contributed by atoms with Crippen LogP contribution < -0.4 is 5.73 Å². The molecule has 0 unspecified atom stereocenters. The number of rotatable bonds is 3. The summed E-state index contributed by atoms with van der Waals surface area (Å²) in [5.74, 6) is 0.479. The van der Waals surface area contributed by atoms with Crippen molar-refractivity contribution in [2.45, 2.75) is 20.3 Å². The lowest BCUT2D eigenvalue weighted by atomic mass is 10.1. The Morgan fingerprint density at radius 3 is 2.36 bits per heavy atom. The average Bonchev–Trinajstić information content (AvgIpc) is 2.20. The second-order valence-electron chi connectivity index (χ2n) is 3.01. The van der Waals surface area contributed by atoms with Gasteiger partial charge in [0.1, 0.15) is 5.84 Å². The van der Waals surface area contributed by atoms with Crippen LogP contribution in [0.5, 0.6) is 0 Å². The molecule has 1 rings (SSSR count). The smallest absolute Gasteiger partial charge is 0.119 e. The minimum absolute atomic E-state index is 0.479. The molecule has 0 saturated heterocycles. The average molecular weight is 189 g/mol. The highest BCUT2D eigenvalue weighted by Gasteiger charge is 1.98. The van der Waals surface area contributed by atoms with Crippen LogP contribution in [-0.4, -0.2) is 11.5 Å². The lowest BCUT2D eigenvalue weighted by Crippen LogP contribution is -2.05. The van der Waals surface area contributed by atoms with Crippen molar-refractivity contribution in [2.75, 3.05) is 0 Å². The monoisotopic (exact) mass is 189 g/mol. The van der Waals surface area contributed by atoms with Gasteiger partial charge in [-0.1, -0.05) is 37.3 Å². The second-order valence-corrected chi connectivity index (χ2v) is 3.01. The molecule has 14 heavy (non-hydrogen) atoms. The van der Waals surface area contributed by atoms with E-state index in [1.54, 1.807) is 6.92 Å². The van der Waals surface area contributed by atoms with Gasteiger partial charge in [0, 0.05) is 0 Å². The highest BCUT2D eigenvalue weighted by Crippen LogP contribution is 2.04. The van der Waals surface area contributed by atoms with Gasteiger partial charge >= 0.3 is 0 Å². The van der Waals surface area contributed by atoms with Gasteiger partial charge in [-0.3, -0.25) is 0 Å². The van der Waals surface area contributed by atoms with Crippen molar-refractivity contribution < 1.29 is 0 Å². The summed E-state index contributed by atoms with van der Waals surface area (Å²) in [6.07, 6.45) is 0.848. The molecule has 0 radical (unpaired) electrons. The third-order valence-electron chi connectivity index (χ3n) is 1.77. The molecule has 3 heteroatoms. The molecule has 3 nitrogen and oxygen atoms in total. The van der Waals surface area contributed by atoms with Gasteiger partial charge < -0.3 is 5.73 Å². The van der Waals surface area contributed by atoms with Crippen LogP contribution in [0.3, 0.4) is 0 Å². The number of benzene rings is 1. The lowest BCUT2D eigenvalue weighted by molar-refractivity contribution is 1.16. The lowest BCUT2D eigenvalue weighted by Gasteiger charge is -2.00. The summed E-state index contributed by atoms with van der Waals surface area (Å²) in [5.41, 5.74) is 7.47. The molecule has 0 fully saturated rings. The van der Waals surface area contributed by atoms with Crippen molar-refractivity contribution in [1.29, 1.82) is 0 Å². The Hall–Kier alpha value is -1.64.